The highest BCUT2D eigenvalue weighted by Gasteiger charge is 2.12. The van der Waals surface area contributed by atoms with Crippen LogP contribution in [0.4, 0.5) is 10.5 Å². The van der Waals surface area contributed by atoms with Gasteiger partial charge in [-0.3, -0.25) is 9.59 Å². The van der Waals surface area contributed by atoms with Crippen LogP contribution in [0.1, 0.15) is 19.4 Å². The van der Waals surface area contributed by atoms with Crippen LogP contribution in [-0.4, -0.2) is 33.5 Å². The van der Waals surface area contributed by atoms with Crippen molar-refractivity contribution in [3.63, 3.8) is 0 Å². The maximum atomic E-state index is 11.7. The van der Waals surface area contributed by atoms with Gasteiger partial charge in [-0.15, -0.1) is 0 Å². The van der Waals surface area contributed by atoms with E-state index in [9.17, 15) is 9.59 Å². The van der Waals surface area contributed by atoms with Crippen LogP contribution in [0.2, 0.25) is 0 Å². The molecule has 110 valence electrons. The van der Waals surface area contributed by atoms with Crippen LogP contribution in [0, 0.1) is 6.92 Å². The molecule has 6 heteroatoms. The van der Waals surface area contributed by atoms with Gasteiger partial charge in [0.05, 0.1) is 5.75 Å². The monoisotopic (exact) mass is 312 g/mol. The highest BCUT2D eigenvalue weighted by molar-refractivity contribution is 8.37. The summed E-state index contributed by atoms with van der Waals surface area (Å²) in [7, 11) is 0. The first-order valence-electron chi connectivity index (χ1n) is 6.51. The summed E-state index contributed by atoms with van der Waals surface area (Å²) in [5.41, 5.74) is 1.90. The summed E-state index contributed by atoms with van der Waals surface area (Å²) in [4.78, 5) is 23.4. The molecule has 0 heterocycles. The van der Waals surface area contributed by atoms with Gasteiger partial charge >= 0.3 is 0 Å². The number of benzene rings is 1. The molecular weight excluding hydrogens is 292 g/mol. The zero-order chi connectivity index (χ0) is 15.0. The lowest BCUT2D eigenvalue weighted by Gasteiger charge is -2.14. The molecule has 0 aliphatic rings. The Bertz CT molecular complexity index is 445. The molecule has 0 atom stereocenters. The van der Waals surface area contributed by atoms with Gasteiger partial charge in [0, 0.05) is 30.7 Å². The summed E-state index contributed by atoms with van der Waals surface area (Å²) >= 11 is 2.21. The Balaban J connectivity index is 2.32. The molecule has 1 rings (SSSR count). The number of anilines is 1. The average molecular weight is 312 g/mol. The number of hydrogen-bond donors (Lipinski definition) is 1. The molecule has 4 nitrogen and oxygen atoms in total. The zero-order valence-electron chi connectivity index (χ0n) is 12.0. The van der Waals surface area contributed by atoms with E-state index in [1.54, 1.807) is 0 Å². The maximum Gasteiger partial charge on any atom is 0.261 e. The third kappa shape index (κ3) is 6.45. The fourth-order valence-corrected chi connectivity index (χ4v) is 2.94. The first-order chi connectivity index (χ1) is 9.55. The highest BCUT2D eigenvalue weighted by Crippen LogP contribution is 2.20. The number of amides is 1. The van der Waals surface area contributed by atoms with Gasteiger partial charge < -0.3 is 5.32 Å². The summed E-state index contributed by atoms with van der Waals surface area (Å²) < 4.78 is 1.90. The Hall–Kier alpha value is -0.980. The van der Waals surface area contributed by atoms with E-state index in [1.807, 2.05) is 49.3 Å². The van der Waals surface area contributed by atoms with Crippen molar-refractivity contribution >= 4 is 39.8 Å². The molecule has 0 fully saturated rings. The minimum absolute atomic E-state index is 0.0484. The standard InChI is InChI=1S/C14H20N2O2S2/c1-4-16(5-2)20-14(18)19-10-13(17)15-12-8-6-11(3)7-9-12/h6-9H,4-5,10H2,1-3H3,(H,15,17). The van der Waals surface area contributed by atoms with Crippen molar-refractivity contribution in [2.45, 2.75) is 20.8 Å². The van der Waals surface area contributed by atoms with Crippen LogP contribution >= 0.6 is 23.7 Å². The van der Waals surface area contributed by atoms with E-state index >= 15 is 0 Å². The second-order valence-electron chi connectivity index (χ2n) is 4.16. The molecular formula is C14H20N2O2S2. The van der Waals surface area contributed by atoms with E-state index in [2.05, 4.69) is 5.32 Å². The van der Waals surface area contributed by atoms with E-state index < -0.39 is 0 Å². The molecule has 1 aromatic rings. The van der Waals surface area contributed by atoms with Gasteiger partial charge in [-0.2, -0.15) is 0 Å². The van der Waals surface area contributed by atoms with Crippen LogP contribution in [0.5, 0.6) is 0 Å². The topological polar surface area (TPSA) is 49.4 Å². The number of carbonyl (C=O) groups excluding carboxylic acids is 2. The van der Waals surface area contributed by atoms with Crippen molar-refractivity contribution in [3.8, 4) is 0 Å². The number of hydrogen-bond acceptors (Lipinski definition) is 5. The fraction of sp³-hybridized carbons (Fsp3) is 0.429. The molecule has 0 aliphatic heterocycles. The Morgan fingerprint density at radius 1 is 1.15 bits per heavy atom. The first kappa shape index (κ1) is 17.1. The summed E-state index contributed by atoms with van der Waals surface area (Å²) in [6, 6.07) is 7.57. The lowest BCUT2D eigenvalue weighted by atomic mass is 10.2. The summed E-state index contributed by atoms with van der Waals surface area (Å²) in [6.45, 7) is 7.60. The molecule has 0 radical (unpaired) electrons. The number of thioether (sulfide) groups is 1. The number of carbonyl (C=O) groups is 2. The van der Waals surface area contributed by atoms with Gasteiger partial charge in [-0.05, 0) is 19.1 Å². The van der Waals surface area contributed by atoms with Gasteiger partial charge in [0.1, 0.15) is 0 Å². The lowest BCUT2D eigenvalue weighted by molar-refractivity contribution is -0.113. The molecule has 1 N–H and O–H groups in total. The Labute approximate surface area is 128 Å². The van der Waals surface area contributed by atoms with E-state index in [0.717, 1.165) is 36.1 Å². The smallest absolute Gasteiger partial charge is 0.261 e. The minimum atomic E-state index is -0.160. The molecule has 1 amide bonds. The van der Waals surface area contributed by atoms with Crippen LogP contribution < -0.4 is 5.32 Å². The Morgan fingerprint density at radius 2 is 1.75 bits per heavy atom. The molecule has 0 unspecified atom stereocenters. The van der Waals surface area contributed by atoms with E-state index in [0.29, 0.717) is 0 Å². The summed E-state index contributed by atoms with van der Waals surface area (Å²) in [6.07, 6.45) is 0. The minimum Gasteiger partial charge on any atom is -0.325 e. The van der Waals surface area contributed by atoms with E-state index in [1.165, 1.54) is 11.9 Å². The van der Waals surface area contributed by atoms with Crippen molar-refractivity contribution in [2.24, 2.45) is 0 Å². The molecule has 0 saturated heterocycles. The third-order valence-electron chi connectivity index (χ3n) is 2.57. The molecule has 0 aromatic heterocycles. The van der Waals surface area contributed by atoms with Crippen LogP contribution in [0.15, 0.2) is 24.3 Å². The fourth-order valence-electron chi connectivity index (χ4n) is 1.44. The van der Waals surface area contributed by atoms with Gasteiger partial charge in [0.25, 0.3) is 4.45 Å². The predicted molar refractivity (Wildman–Crippen MR) is 88.2 cm³/mol. The molecule has 0 aliphatic carbocycles. The Kier molecular flexibility index (Phi) is 7.72. The maximum absolute atomic E-state index is 11.7. The summed E-state index contributed by atoms with van der Waals surface area (Å²) in [5, 5.41) is 2.77. The van der Waals surface area contributed by atoms with Crippen molar-refractivity contribution in [1.82, 2.24) is 4.31 Å². The number of nitrogens with one attached hydrogen (secondary N) is 1. The molecule has 0 spiro atoms. The number of rotatable bonds is 6. The van der Waals surface area contributed by atoms with Gasteiger partial charge in [0.2, 0.25) is 5.91 Å². The van der Waals surface area contributed by atoms with E-state index in [4.69, 9.17) is 0 Å². The third-order valence-corrected chi connectivity index (χ3v) is 4.71. The predicted octanol–water partition coefficient (Wildman–Crippen LogP) is 3.78. The first-order valence-corrected chi connectivity index (χ1v) is 8.27. The quantitative estimate of drug-likeness (QED) is 0.810. The molecule has 0 saturated carbocycles. The summed E-state index contributed by atoms with van der Waals surface area (Å²) in [5.74, 6) is -0.0200. The van der Waals surface area contributed by atoms with Gasteiger partial charge in [0.15, 0.2) is 0 Å². The SMILES string of the molecule is CCN(CC)SC(=O)SCC(=O)Nc1ccc(C)cc1. The van der Waals surface area contributed by atoms with Gasteiger partial charge in [-0.25, -0.2) is 4.31 Å². The van der Waals surface area contributed by atoms with Crippen LogP contribution in [-0.2, 0) is 4.79 Å². The second kappa shape index (κ2) is 9.05. The normalized spacial score (nSPS) is 10.6. The lowest BCUT2D eigenvalue weighted by Crippen LogP contribution is -2.17. The van der Waals surface area contributed by atoms with Crippen LogP contribution in [0.25, 0.3) is 0 Å². The van der Waals surface area contributed by atoms with Crippen molar-refractivity contribution in [2.75, 3.05) is 24.2 Å². The molecule has 1 aromatic carbocycles. The number of aryl methyl sites for hydroxylation is 1. The van der Waals surface area contributed by atoms with Crippen molar-refractivity contribution < 1.29 is 9.59 Å². The highest BCUT2D eigenvalue weighted by atomic mass is 32.2. The van der Waals surface area contributed by atoms with Crippen molar-refractivity contribution in [1.29, 1.82) is 0 Å². The van der Waals surface area contributed by atoms with Crippen molar-refractivity contribution in [3.05, 3.63) is 29.8 Å². The second-order valence-corrected chi connectivity index (χ2v) is 6.43. The Morgan fingerprint density at radius 3 is 2.30 bits per heavy atom. The molecule has 0 bridgehead atoms. The average Bonchev–Trinajstić information content (AvgIpc) is 2.45. The largest absolute Gasteiger partial charge is 0.325 e. The zero-order valence-corrected chi connectivity index (χ0v) is 13.6. The van der Waals surface area contributed by atoms with Gasteiger partial charge in [-0.1, -0.05) is 43.3 Å². The number of nitrogens with zero attached hydrogens (tertiary/aromatic N) is 1. The molecule has 20 heavy (non-hydrogen) atoms. The van der Waals surface area contributed by atoms with Crippen LogP contribution in [0.3, 0.4) is 0 Å². The van der Waals surface area contributed by atoms with E-state index in [-0.39, 0.29) is 16.1 Å².